The summed E-state index contributed by atoms with van der Waals surface area (Å²) in [6, 6.07) is 11.8. The molecule has 0 bridgehead atoms. The van der Waals surface area contributed by atoms with E-state index >= 15 is 0 Å². The molecule has 0 amide bonds. The van der Waals surface area contributed by atoms with Gasteiger partial charge in [-0.1, -0.05) is 0 Å². The van der Waals surface area contributed by atoms with Gasteiger partial charge in [-0.05, 0) is 47.9 Å². The van der Waals surface area contributed by atoms with Crippen molar-refractivity contribution in [3.63, 3.8) is 0 Å². The third-order valence-electron chi connectivity index (χ3n) is 5.58. The van der Waals surface area contributed by atoms with Gasteiger partial charge in [0.15, 0.2) is 0 Å². The summed E-state index contributed by atoms with van der Waals surface area (Å²) >= 11 is 0. The second kappa shape index (κ2) is 6.55. The summed E-state index contributed by atoms with van der Waals surface area (Å²) in [6.07, 6.45) is 2.59. The Balaban J connectivity index is 1.92. The molecule has 0 atom stereocenters. The third kappa shape index (κ3) is 2.81. The van der Waals surface area contributed by atoms with E-state index in [1.165, 1.54) is 5.56 Å². The van der Waals surface area contributed by atoms with Crippen molar-refractivity contribution in [3.05, 3.63) is 65.0 Å². The summed E-state index contributed by atoms with van der Waals surface area (Å²) in [5.41, 5.74) is 6.22. The fourth-order valence-electron chi connectivity index (χ4n) is 4.29. The molecule has 0 spiro atoms. The van der Waals surface area contributed by atoms with Crippen molar-refractivity contribution in [2.45, 2.75) is 26.7 Å². The van der Waals surface area contributed by atoms with Crippen LogP contribution in [0.1, 0.15) is 22.5 Å². The van der Waals surface area contributed by atoms with E-state index in [0.29, 0.717) is 6.61 Å². The van der Waals surface area contributed by atoms with Gasteiger partial charge in [-0.25, -0.2) is 4.42 Å². The highest BCUT2D eigenvalue weighted by Gasteiger charge is 2.25. The number of rotatable bonds is 3. The summed E-state index contributed by atoms with van der Waals surface area (Å²) in [7, 11) is 0. The molecule has 0 aliphatic carbocycles. The molecule has 3 heterocycles. The van der Waals surface area contributed by atoms with Gasteiger partial charge in [0.1, 0.15) is 5.75 Å². The van der Waals surface area contributed by atoms with Crippen molar-refractivity contribution in [1.29, 1.82) is 0 Å². The van der Waals surface area contributed by atoms with Gasteiger partial charge in [0, 0.05) is 41.3 Å². The number of hydrogen-bond donors (Lipinski definition) is 1. The van der Waals surface area contributed by atoms with Gasteiger partial charge in [-0.2, -0.15) is 0 Å². The maximum atomic E-state index is 11.7. The number of hydrogen-bond acceptors (Lipinski definition) is 3. The minimum absolute atomic E-state index is 0.0651. The summed E-state index contributed by atoms with van der Waals surface area (Å²) in [4.78, 5) is 16.3. The SMILES string of the molecule is Cc1ccc2c(-c3ccc4c5c(ccnc35)CCO4)c(CC(=O)O)c(C)cc2[o+]1. The van der Waals surface area contributed by atoms with Crippen molar-refractivity contribution in [2.24, 2.45) is 0 Å². The first-order chi connectivity index (χ1) is 14.0. The Kier molecular flexibility index (Phi) is 3.98. The minimum Gasteiger partial charge on any atom is -0.493 e. The number of pyridine rings is 1. The van der Waals surface area contributed by atoms with Gasteiger partial charge in [0.05, 0.1) is 30.9 Å². The lowest BCUT2D eigenvalue weighted by Crippen LogP contribution is -2.10. The monoisotopic (exact) mass is 386 g/mol. The number of aromatic nitrogens is 1. The molecule has 29 heavy (non-hydrogen) atoms. The molecule has 2 aromatic carbocycles. The lowest BCUT2D eigenvalue weighted by molar-refractivity contribution is -0.136. The summed E-state index contributed by atoms with van der Waals surface area (Å²) in [5, 5.41) is 11.5. The molecule has 0 saturated heterocycles. The molecular formula is C24H20NO4+. The van der Waals surface area contributed by atoms with E-state index in [9.17, 15) is 9.90 Å². The zero-order chi connectivity index (χ0) is 20.1. The Morgan fingerprint density at radius 3 is 2.90 bits per heavy atom. The number of carboxylic acids is 1. The van der Waals surface area contributed by atoms with Crippen LogP contribution in [0.2, 0.25) is 0 Å². The maximum absolute atomic E-state index is 11.7. The van der Waals surface area contributed by atoms with Crippen LogP contribution in [0.5, 0.6) is 5.75 Å². The molecule has 0 radical (unpaired) electrons. The smallest absolute Gasteiger partial charge is 0.361 e. The van der Waals surface area contributed by atoms with Crippen molar-refractivity contribution in [1.82, 2.24) is 4.98 Å². The van der Waals surface area contributed by atoms with Crippen LogP contribution < -0.4 is 4.74 Å². The zero-order valence-corrected chi connectivity index (χ0v) is 16.3. The highest BCUT2D eigenvalue weighted by Crippen LogP contribution is 2.42. The zero-order valence-electron chi connectivity index (χ0n) is 16.3. The molecule has 5 nitrogen and oxygen atoms in total. The first-order valence-corrected chi connectivity index (χ1v) is 9.64. The Bertz CT molecular complexity index is 1300. The second-order valence-electron chi connectivity index (χ2n) is 7.48. The number of fused-ring (bicyclic) bond motifs is 1. The molecule has 1 aliphatic rings. The Morgan fingerprint density at radius 2 is 2.07 bits per heavy atom. The van der Waals surface area contributed by atoms with Crippen LogP contribution in [0.15, 0.2) is 47.0 Å². The van der Waals surface area contributed by atoms with Crippen LogP contribution in [0.3, 0.4) is 0 Å². The van der Waals surface area contributed by atoms with Crippen LogP contribution in [0, 0.1) is 13.8 Å². The van der Waals surface area contributed by atoms with E-state index < -0.39 is 5.97 Å². The quantitative estimate of drug-likeness (QED) is 0.496. The molecule has 1 N–H and O–H groups in total. The van der Waals surface area contributed by atoms with Crippen LogP contribution in [-0.2, 0) is 17.6 Å². The minimum atomic E-state index is -0.864. The molecule has 1 aliphatic heterocycles. The molecule has 0 fully saturated rings. The average molecular weight is 386 g/mol. The van der Waals surface area contributed by atoms with Crippen molar-refractivity contribution < 1.29 is 19.1 Å². The second-order valence-corrected chi connectivity index (χ2v) is 7.48. The topological polar surface area (TPSA) is 70.7 Å². The standard InChI is InChI=1S/C24H19NO4/c1-13-11-20-16(4-3-14(2)29-20)23(18(13)12-21(26)27)17-5-6-19-22-15(8-10-28-19)7-9-25-24(17)22/h3-7,9,11H,8,10,12H2,1-2H3/p+1. The summed E-state index contributed by atoms with van der Waals surface area (Å²) in [5.74, 6) is 0.768. The van der Waals surface area contributed by atoms with Crippen LogP contribution >= 0.6 is 0 Å². The van der Waals surface area contributed by atoms with E-state index in [-0.39, 0.29) is 6.42 Å². The van der Waals surface area contributed by atoms with Gasteiger partial charge in [0.2, 0.25) is 0 Å². The van der Waals surface area contributed by atoms with Gasteiger partial charge in [-0.15, -0.1) is 0 Å². The molecular weight excluding hydrogens is 366 g/mol. The van der Waals surface area contributed by atoms with E-state index in [1.807, 2.05) is 56.4 Å². The normalized spacial score (nSPS) is 12.9. The first-order valence-electron chi connectivity index (χ1n) is 9.64. The van der Waals surface area contributed by atoms with E-state index in [4.69, 9.17) is 9.15 Å². The fourth-order valence-corrected chi connectivity index (χ4v) is 4.29. The Morgan fingerprint density at radius 1 is 1.21 bits per heavy atom. The Hall–Kier alpha value is -3.47. The highest BCUT2D eigenvalue weighted by molar-refractivity contribution is 6.07. The predicted molar refractivity (Wildman–Crippen MR) is 111 cm³/mol. The van der Waals surface area contributed by atoms with E-state index in [1.54, 1.807) is 0 Å². The number of nitrogens with zero attached hydrogens (tertiary/aromatic N) is 1. The summed E-state index contributed by atoms with van der Waals surface area (Å²) in [6.45, 7) is 4.49. The highest BCUT2D eigenvalue weighted by atomic mass is 16.5. The largest absolute Gasteiger partial charge is 0.493 e. The van der Waals surface area contributed by atoms with Gasteiger partial charge in [-0.3, -0.25) is 9.78 Å². The van der Waals surface area contributed by atoms with Gasteiger partial charge >= 0.3 is 17.3 Å². The van der Waals surface area contributed by atoms with Crippen LogP contribution in [0.4, 0.5) is 0 Å². The first kappa shape index (κ1) is 17.6. The van der Waals surface area contributed by atoms with Crippen molar-refractivity contribution >= 4 is 27.8 Å². The number of aryl methyl sites for hydroxylation is 2. The van der Waals surface area contributed by atoms with Crippen molar-refractivity contribution in [3.8, 4) is 16.9 Å². The van der Waals surface area contributed by atoms with Crippen molar-refractivity contribution in [2.75, 3.05) is 6.61 Å². The molecule has 2 aromatic heterocycles. The van der Waals surface area contributed by atoms with E-state index in [0.717, 1.165) is 62.1 Å². The number of ether oxygens (including phenoxy) is 1. The molecule has 5 rings (SSSR count). The van der Waals surface area contributed by atoms with Gasteiger partial charge < -0.3 is 9.84 Å². The number of carboxylic acid groups (broad SMARTS) is 1. The van der Waals surface area contributed by atoms with Crippen LogP contribution in [-0.4, -0.2) is 22.7 Å². The molecule has 144 valence electrons. The molecule has 0 unspecified atom stereocenters. The number of aliphatic carboxylic acids is 1. The Labute approximate surface area is 167 Å². The summed E-state index contributed by atoms with van der Waals surface area (Å²) < 4.78 is 11.8. The third-order valence-corrected chi connectivity index (χ3v) is 5.58. The average Bonchev–Trinajstić information content (AvgIpc) is 2.69. The molecule has 4 aromatic rings. The van der Waals surface area contributed by atoms with E-state index in [2.05, 4.69) is 4.98 Å². The molecule has 5 heteroatoms. The molecule has 0 saturated carbocycles. The predicted octanol–water partition coefficient (Wildman–Crippen LogP) is 5.11. The maximum Gasteiger partial charge on any atom is 0.361 e. The van der Waals surface area contributed by atoms with Crippen LogP contribution in [0.25, 0.3) is 33.0 Å². The fraction of sp³-hybridized carbons (Fsp3) is 0.208. The number of benzene rings is 2. The lowest BCUT2D eigenvalue weighted by Gasteiger charge is -2.20. The number of carbonyl (C=O) groups is 1. The lowest BCUT2D eigenvalue weighted by atomic mass is 9.88. The van der Waals surface area contributed by atoms with Gasteiger partial charge in [0.25, 0.3) is 0 Å².